The Morgan fingerprint density at radius 2 is 1.86 bits per heavy atom. The van der Waals surface area contributed by atoms with Gasteiger partial charge < -0.3 is 45.2 Å². The van der Waals surface area contributed by atoms with E-state index in [0.717, 1.165) is 53.4 Å². The molecule has 0 saturated heterocycles. The molecule has 6 rings (SSSR count). The lowest BCUT2D eigenvalue weighted by Crippen LogP contribution is -2.69. The zero-order valence-corrected chi connectivity index (χ0v) is 29.2. The summed E-state index contributed by atoms with van der Waals surface area (Å²) in [4.78, 5) is 25.0. The van der Waals surface area contributed by atoms with Crippen LogP contribution in [0.4, 0.5) is 4.79 Å². The number of nitrogens with one attached hydrogen (secondary N) is 2. The molecule has 0 spiro atoms. The Morgan fingerprint density at radius 1 is 1.08 bits per heavy atom. The average Bonchev–Trinajstić information content (AvgIpc) is 3.54. The van der Waals surface area contributed by atoms with E-state index in [4.69, 9.17) is 9.57 Å². The van der Waals surface area contributed by atoms with E-state index in [0.29, 0.717) is 43.9 Å². The highest BCUT2D eigenvalue weighted by Crippen LogP contribution is 2.60. The summed E-state index contributed by atoms with van der Waals surface area (Å²) >= 11 is 0. The number of benzene rings is 2. The monoisotopic (exact) mass is 688 g/mol. The van der Waals surface area contributed by atoms with Crippen molar-refractivity contribution in [1.82, 2.24) is 15.2 Å². The number of hydrogen-bond acceptors (Lipinski definition) is 8. The van der Waals surface area contributed by atoms with Gasteiger partial charge in [0.25, 0.3) is 0 Å². The highest BCUT2D eigenvalue weighted by molar-refractivity contribution is 6.03. The van der Waals surface area contributed by atoms with Crippen LogP contribution in [0.1, 0.15) is 82.4 Å². The van der Waals surface area contributed by atoms with Crippen LogP contribution in [0.15, 0.2) is 65.3 Å². The van der Waals surface area contributed by atoms with Gasteiger partial charge in [-0.15, -0.1) is 0 Å². The maximum absolute atomic E-state index is 14.2. The molecule has 6 atom stereocenters. The van der Waals surface area contributed by atoms with E-state index in [1.54, 1.807) is 23.1 Å². The summed E-state index contributed by atoms with van der Waals surface area (Å²) in [7, 11) is 0. The Hall–Kier alpha value is -4.06. The van der Waals surface area contributed by atoms with E-state index in [1.807, 2.05) is 44.2 Å². The van der Waals surface area contributed by atoms with Crippen molar-refractivity contribution in [2.75, 3.05) is 26.4 Å². The first kappa shape index (κ1) is 35.8. The molecule has 2 amide bonds. The Morgan fingerprint density at radius 3 is 2.60 bits per heavy atom. The molecule has 3 aliphatic rings. The number of H-pyrrole nitrogens is 1. The number of hydrogen-bond donors (Lipinski definition) is 6. The maximum Gasteiger partial charge on any atom is 0.318 e. The number of carbonyl (C=O) groups excluding carboxylic acids is 1. The third-order valence-electron chi connectivity index (χ3n) is 10.7. The number of fused-ring (bicyclic) bond motifs is 3. The second kappa shape index (κ2) is 15.9. The summed E-state index contributed by atoms with van der Waals surface area (Å²) < 4.78 is 6.67. The lowest BCUT2D eigenvalue weighted by atomic mass is 9.55. The van der Waals surface area contributed by atoms with Gasteiger partial charge in [0.2, 0.25) is 5.79 Å². The highest BCUT2D eigenvalue weighted by Gasteiger charge is 2.64. The second-order valence-electron chi connectivity index (χ2n) is 13.9. The number of oxime groups is 1. The number of aliphatic hydroxyl groups excluding tert-OH is 2. The van der Waals surface area contributed by atoms with E-state index < -0.39 is 17.7 Å². The summed E-state index contributed by atoms with van der Waals surface area (Å²) in [5.74, 6) is -1.98. The van der Waals surface area contributed by atoms with Gasteiger partial charge in [-0.05, 0) is 92.2 Å². The molecule has 2 aliphatic carbocycles. The molecule has 0 unspecified atom stereocenters. The number of phenols is 1. The summed E-state index contributed by atoms with van der Waals surface area (Å²) in [5.41, 5.74) is 4.20. The van der Waals surface area contributed by atoms with Crippen molar-refractivity contribution in [3.8, 4) is 11.5 Å². The number of amides is 2. The van der Waals surface area contributed by atoms with Crippen molar-refractivity contribution in [3.05, 3.63) is 71.4 Å². The number of aromatic nitrogens is 1. The standard InChI is InChI=1S/C39H52N4O7/c1-3-17-43(38(47)40-24-27-20-26-12-5-6-14-32(26)41-27)35-23-33(42-49-4-2)30-21-25(11-7-9-18-44)29(13-8-10-19-45)36-31-22-28(46)15-16-34(31)50-39(35,48)37(30)36/h5-6,12,14-16,20-22,25,29,35-37,41,44-46,48H,3-4,7-11,13,17-19,23-24H2,1-2H3,(H,40,47)/t25-,29+,35-,36+,37+,39+/m0/s1. The van der Waals surface area contributed by atoms with E-state index in [-0.39, 0.29) is 55.7 Å². The fraction of sp³-hybridized carbons (Fsp3) is 0.538. The third kappa shape index (κ3) is 7.08. The number of aliphatic hydroxyl groups is 3. The lowest BCUT2D eigenvalue weighted by Gasteiger charge is -2.58. The van der Waals surface area contributed by atoms with Gasteiger partial charge in [0.1, 0.15) is 24.1 Å². The minimum absolute atomic E-state index is 0.0347. The molecule has 6 N–H and O–H groups in total. The number of phenolic OH excluding ortho intramolecular Hbond substituents is 1. The van der Waals surface area contributed by atoms with Gasteiger partial charge in [-0.3, -0.25) is 0 Å². The van der Waals surface area contributed by atoms with Crippen LogP contribution < -0.4 is 10.1 Å². The molecule has 50 heavy (non-hydrogen) atoms. The molecular formula is C39H52N4O7. The molecule has 3 aromatic rings. The number of carbonyl (C=O) groups is 1. The number of aromatic amines is 1. The number of ether oxygens (including phenoxy) is 1. The molecular weight excluding hydrogens is 636 g/mol. The number of urea groups is 1. The van der Waals surface area contributed by atoms with Crippen LogP contribution >= 0.6 is 0 Å². The minimum Gasteiger partial charge on any atom is -0.508 e. The smallest absolute Gasteiger partial charge is 0.318 e. The summed E-state index contributed by atoms with van der Waals surface area (Å²) in [6.45, 7) is 5.10. The normalized spacial score (nSPS) is 26.1. The quantitative estimate of drug-likeness (QED) is 0.0852. The molecule has 11 heteroatoms. The zero-order chi connectivity index (χ0) is 35.3. The van der Waals surface area contributed by atoms with E-state index in [1.165, 1.54) is 0 Å². The van der Waals surface area contributed by atoms with Crippen molar-refractivity contribution in [1.29, 1.82) is 0 Å². The van der Waals surface area contributed by atoms with Gasteiger partial charge >= 0.3 is 6.03 Å². The van der Waals surface area contributed by atoms with Gasteiger partial charge in [0, 0.05) is 48.9 Å². The molecule has 1 aromatic heterocycles. The molecule has 0 radical (unpaired) electrons. The van der Waals surface area contributed by atoms with Crippen molar-refractivity contribution < 1.29 is 34.8 Å². The van der Waals surface area contributed by atoms with Crippen LogP contribution in [0.25, 0.3) is 10.9 Å². The largest absolute Gasteiger partial charge is 0.508 e. The highest BCUT2D eigenvalue weighted by atomic mass is 16.6. The molecule has 0 bridgehead atoms. The molecule has 11 nitrogen and oxygen atoms in total. The average molecular weight is 689 g/mol. The van der Waals surface area contributed by atoms with Crippen LogP contribution in [0.5, 0.6) is 11.5 Å². The lowest BCUT2D eigenvalue weighted by molar-refractivity contribution is -0.228. The Labute approximate surface area is 294 Å². The maximum atomic E-state index is 14.2. The minimum atomic E-state index is -1.81. The Balaban J connectivity index is 1.43. The predicted molar refractivity (Wildman–Crippen MR) is 192 cm³/mol. The molecule has 2 heterocycles. The van der Waals surface area contributed by atoms with Crippen LogP contribution in [-0.4, -0.2) is 80.2 Å². The number of allylic oxidation sites excluding steroid dienone is 1. The second-order valence-corrected chi connectivity index (χ2v) is 13.9. The van der Waals surface area contributed by atoms with Crippen LogP contribution in [-0.2, 0) is 11.4 Å². The van der Waals surface area contributed by atoms with Crippen molar-refractivity contribution >= 4 is 22.6 Å². The van der Waals surface area contributed by atoms with Crippen LogP contribution in [0, 0.1) is 17.8 Å². The zero-order valence-electron chi connectivity index (χ0n) is 29.2. The number of rotatable bonds is 15. The molecule has 1 saturated carbocycles. The molecule has 1 aliphatic heterocycles. The molecule has 1 fully saturated rings. The van der Waals surface area contributed by atoms with E-state index >= 15 is 0 Å². The van der Waals surface area contributed by atoms with E-state index in [9.17, 15) is 25.2 Å². The predicted octanol–water partition coefficient (Wildman–Crippen LogP) is 5.94. The van der Waals surface area contributed by atoms with Crippen molar-refractivity contribution in [3.63, 3.8) is 0 Å². The first-order valence-corrected chi connectivity index (χ1v) is 18.3. The van der Waals surface area contributed by atoms with Gasteiger partial charge in [0.05, 0.1) is 18.2 Å². The van der Waals surface area contributed by atoms with Gasteiger partial charge in [-0.2, -0.15) is 0 Å². The molecule has 2 aromatic carbocycles. The SMILES string of the molecule is CCCN(C(=O)NCc1cc2ccccc2[nH]1)[C@H]1CC(=NOCC)C2=C[C@H](CCCCO)[C@@H](CCCCO)[C@@H]3c4cc(O)ccc4O[C@@]1(O)[C@H]23. The Bertz CT molecular complexity index is 1650. The topological polar surface area (TPSA) is 160 Å². The van der Waals surface area contributed by atoms with Gasteiger partial charge in [-0.1, -0.05) is 49.2 Å². The van der Waals surface area contributed by atoms with Gasteiger partial charge in [-0.25, -0.2) is 4.79 Å². The Kier molecular flexibility index (Phi) is 11.3. The van der Waals surface area contributed by atoms with Gasteiger partial charge in [0.15, 0.2) is 0 Å². The van der Waals surface area contributed by atoms with Crippen LogP contribution in [0.2, 0.25) is 0 Å². The third-order valence-corrected chi connectivity index (χ3v) is 10.7. The molecule has 270 valence electrons. The van der Waals surface area contributed by atoms with Crippen LogP contribution in [0.3, 0.4) is 0 Å². The first-order chi connectivity index (χ1) is 24.3. The fourth-order valence-corrected chi connectivity index (χ4v) is 8.56. The first-order valence-electron chi connectivity index (χ1n) is 18.3. The van der Waals surface area contributed by atoms with Crippen molar-refractivity contribution in [2.24, 2.45) is 22.9 Å². The summed E-state index contributed by atoms with van der Waals surface area (Å²) in [6.07, 6.45) is 7.66. The summed E-state index contributed by atoms with van der Waals surface area (Å²) in [5, 5.41) is 51.9. The van der Waals surface area contributed by atoms with E-state index in [2.05, 4.69) is 21.5 Å². The van der Waals surface area contributed by atoms with Crippen molar-refractivity contribution in [2.45, 2.75) is 89.5 Å². The number of unbranched alkanes of at least 4 members (excludes halogenated alkanes) is 2. The fourth-order valence-electron chi connectivity index (χ4n) is 8.56. The number of aromatic hydroxyl groups is 1. The number of para-hydroxylation sites is 1. The summed E-state index contributed by atoms with van der Waals surface area (Å²) in [6, 6.07) is 13.9. The number of nitrogens with zero attached hydrogens (tertiary/aromatic N) is 2.